The number of anilines is 2. The molecule has 1 N–H and O–H groups in total. The van der Waals surface area contributed by atoms with Crippen LogP contribution in [-0.4, -0.2) is 35.2 Å². The topological polar surface area (TPSA) is 94.3 Å². The Morgan fingerprint density at radius 1 is 0.920 bits per heavy atom. The van der Waals surface area contributed by atoms with E-state index in [0.717, 1.165) is 11.4 Å². The van der Waals surface area contributed by atoms with Crippen LogP contribution in [0.5, 0.6) is 0 Å². The first-order valence-electron chi connectivity index (χ1n) is 7.66. The number of nitrogens with one attached hydrogen (secondary N) is 1. The van der Waals surface area contributed by atoms with E-state index in [4.69, 9.17) is 0 Å². The Morgan fingerprint density at radius 2 is 1.84 bits per heavy atom. The van der Waals surface area contributed by atoms with Crippen molar-refractivity contribution < 1.29 is 0 Å². The highest BCUT2D eigenvalue weighted by Crippen LogP contribution is 2.17. The first kappa shape index (κ1) is 14.9. The average molecular weight is 330 g/mol. The summed E-state index contributed by atoms with van der Waals surface area (Å²) < 4.78 is 0. The van der Waals surface area contributed by atoms with Gasteiger partial charge in [0.05, 0.1) is 6.20 Å². The Kier molecular flexibility index (Phi) is 3.83. The van der Waals surface area contributed by atoms with E-state index in [2.05, 4.69) is 35.7 Å². The summed E-state index contributed by atoms with van der Waals surface area (Å²) in [5.41, 5.74) is 2.43. The molecule has 4 rings (SSSR count). The third kappa shape index (κ3) is 3.18. The molecule has 8 heteroatoms. The first-order valence-corrected chi connectivity index (χ1v) is 7.66. The van der Waals surface area contributed by atoms with Crippen LogP contribution in [0.3, 0.4) is 0 Å². The Morgan fingerprint density at radius 3 is 2.60 bits per heavy atom. The lowest BCUT2D eigenvalue weighted by Gasteiger charge is -2.07. The fourth-order valence-corrected chi connectivity index (χ4v) is 2.24. The molecule has 0 unspecified atom stereocenters. The minimum atomic E-state index is 0.465. The second-order valence-corrected chi connectivity index (χ2v) is 5.31. The SMILES string of the molecule is Cc1cccnc1Nc1ccc(-n2nnc(-c3ccccn3)n2)cn1. The molecule has 0 bridgehead atoms. The summed E-state index contributed by atoms with van der Waals surface area (Å²) in [5.74, 6) is 1.93. The monoisotopic (exact) mass is 330 g/mol. The van der Waals surface area contributed by atoms with Gasteiger partial charge in [-0.2, -0.15) is 0 Å². The predicted octanol–water partition coefficient (Wildman–Crippen LogP) is 2.57. The van der Waals surface area contributed by atoms with Crippen molar-refractivity contribution >= 4 is 11.6 Å². The zero-order valence-electron chi connectivity index (χ0n) is 13.4. The number of tetrazole rings is 1. The van der Waals surface area contributed by atoms with Crippen LogP contribution < -0.4 is 5.32 Å². The lowest BCUT2D eigenvalue weighted by atomic mass is 10.3. The molecule has 122 valence electrons. The summed E-state index contributed by atoms with van der Waals surface area (Å²) in [7, 11) is 0. The molecule has 0 amide bonds. The molecule has 0 saturated heterocycles. The lowest BCUT2D eigenvalue weighted by molar-refractivity contribution is 0.717. The highest BCUT2D eigenvalue weighted by molar-refractivity contribution is 5.56. The fraction of sp³-hybridized carbons (Fsp3) is 0.0588. The van der Waals surface area contributed by atoms with E-state index in [1.165, 1.54) is 4.80 Å². The number of nitrogens with zero attached hydrogens (tertiary/aromatic N) is 7. The van der Waals surface area contributed by atoms with Crippen molar-refractivity contribution in [3.63, 3.8) is 0 Å². The van der Waals surface area contributed by atoms with Gasteiger partial charge in [-0.15, -0.1) is 15.0 Å². The van der Waals surface area contributed by atoms with Gasteiger partial charge in [-0.1, -0.05) is 12.1 Å². The predicted molar refractivity (Wildman–Crippen MR) is 92.4 cm³/mol. The zero-order chi connectivity index (χ0) is 17.1. The van der Waals surface area contributed by atoms with Gasteiger partial charge in [-0.3, -0.25) is 4.98 Å². The van der Waals surface area contributed by atoms with Crippen LogP contribution in [0.4, 0.5) is 11.6 Å². The number of pyridine rings is 3. The van der Waals surface area contributed by atoms with Crippen molar-refractivity contribution in [3.8, 4) is 17.2 Å². The summed E-state index contributed by atoms with van der Waals surface area (Å²) >= 11 is 0. The molecule has 4 aromatic rings. The number of hydrogen-bond acceptors (Lipinski definition) is 7. The Labute approximate surface area is 143 Å². The van der Waals surface area contributed by atoms with E-state index in [9.17, 15) is 0 Å². The van der Waals surface area contributed by atoms with Crippen LogP contribution in [-0.2, 0) is 0 Å². The molecule has 0 aliphatic heterocycles. The molecule has 4 aromatic heterocycles. The van der Waals surface area contributed by atoms with E-state index in [1.807, 2.05) is 49.4 Å². The van der Waals surface area contributed by atoms with E-state index in [-0.39, 0.29) is 0 Å². The van der Waals surface area contributed by atoms with Gasteiger partial charge in [0.1, 0.15) is 23.0 Å². The van der Waals surface area contributed by atoms with Crippen LogP contribution in [0.1, 0.15) is 5.56 Å². The normalized spacial score (nSPS) is 10.6. The summed E-state index contributed by atoms with van der Waals surface area (Å²) in [4.78, 5) is 14.3. The average Bonchev–Trinajstić information content (AvgIpc) is 3.15. The van der Waals surface area contributed by atoms with E-state index in [0.29, 0.717) is 23.0 Å². The van der Waals surface area contributed by atoms with Gasteiger partial charge in [0.2, 0.25) is 5.82 Å². The maximum Gasteiger partial charge on any atom is 0.223 e. The molecule has 0 radical (unpaired) electrons. The molecule has 0 atom stereocenters. The van der Waals surface area contributed by atoms with Crippen molar-refractivity contribution in [2.45, 2.75) is 6.92 Å². The molecule has 8 nitrogen and oxygen atoms in total. The van der Waals surface area contributed by atoms with Gasteiger partial charge in [0.25, 0.3) is 0 Å². The fourth-order valence-electron chi connectivity index (χ4n) is 2.24. The van der Waals surface area contributed by atoms with Gasteiger partial charge >= 0.3 is 0 Å². The molecule has 0 aliphatic rings. The number of aryl methyl sites for hydroxylation is 1. The maximum absolute atomic E-state index is 4.38. The number of aromatic nitrogens is 7. The quantitative estimate of drug-likeness (QED) is 0.614. The zero-order valence-corrected chi connectivity index (χ0v) is 13.4. The van der Waals surface area contributed by atoms with Gasteiger partial charge in [-0.25, -0.2) is 9.97 Å². The summed E-state index contributed by atoms with van der Waals surface area (Å²) in [6.07, 6.45) is 5.10. The minimum Gasteiger partial charge on any atom is -0.325 e. The highest BCUT2D eigenvalue weighted by atomic mass is 15.6. The number of rotatable bonds is 4. The summed E-state index contributed by atoms with van der Waals surface area (Å²) in [6, 6.07) is 13.1. The van der Waals surface area contributed by atoms with Gasteiger partial charge in [0.15, 0.2) is 0 Å². The molecule has 0 saturated carbocycles. The van der Waals surface area contributed by atoms with Crippen molar-refractivity contribution in [1.29, 1.82) is 0 Å². The summed E-state index contributed by atoms with van der Waals surface area (Å²) in [5, 5.41) is 15.6. The Hall–Kier alpha value is -3.68. The highest BCUT2D eigenvalue weighted by Gasteiger charge is 2.08. The molecule has 0 aliphatic carbocycles. The van der Waals surface area contributed by atoms with Crippen LogP contribution in [0.25, 0.3) is 17.2 Å². The van der Waals surface area contributed by atoms with Crippen LogP contribution in [0, 0.1) is 6.92 Å². The van der Waals surface area contributed by atoms with Gasteiger partial charge in [0, 0.05) is 12.4 Å². The first-order chi connectivity index (χ1) is 12.3. The standard InChI is InChI=1S/C17H14N8/c1-12-5-4-10-19-16(12)21-15-8-7-13(11-20-15)25-23-17(22-24-25)14-6-2-3-9-18-14/h2-11H,1H3,(H,19,20,21). The van der Waals surface area contributed by atoms with Crippen LogP contribution in [0.2, 0.25) is 0 Å². The van der Waals surface area contributed by atoms with Crippen molar-refractivity contribution in [2.75, 3.05) is 5.32 Å². The third-order valence-corrected chi connectivity index (χ3v) is 3.54. The third-order valence-electron chi connectivity index (χ3n) is 3.54. The second-order valence-electron chi connectivity index (χ2n) is 5.31. The van der Waals surface area contributed by atoms with Crippen molar-refractivity contribution in [3.05, 3.63) is 66.6 Å². The molecule has 0 spiro atoms. The maximum atomic E-state index is 4.38. The Balaban J connectivity index is 1.55. The Bertz CT molecular complexity index is 979. The molecule has 0 aromatic carbocycles. The smallest absolute Gasteiger partial charge is 0.223 e. The molecule has 0 fully saturated rings. The molecular weight excluding hydrogens is 316 g/mol. The molecule has 25 heavy (non-hydrogen) atoms. The van der Waals surface area contributed by atoms with Crippen molar-refractivity contribution in [1.82, 2.24) is 35.2 Å². The summed E-state index contributed by atoms with van der Waals surface area (Å²) in [6.45, 7) is 1.99. The molecular formula is C17H14N8. The van der Waals surface area contributed by atoms with E-state index >= 15 is 0 Å². The van der Waals surface area contributed by atoms with Crippen LogP contribution in [0.15, 0.2) is 61.1 Å². The lowest BCUT2D eigenvalue weighted by Crippen LogP contribution is -2.02. The van der Waals surface area contributed by atoms with Gasteiger partial charge in [-0.05, 0) is 48.0 Å². The van der Waals surface area contributed by atoms with Crippen LogP contribution >= 0.6 is 0 Å². The largest absolute Gasteiger partial charge is 0.325 e. The minimum absolute atomic E-state index is 0.465. The van der Waals surface area contributed by atoms with Crippen molar-refractivity contribution in [2.24, 2.45) is 0 Å². The number of hydrogen-bond donors (Lipinski definition) is 1. The van der Waals surface area contributed by atoms with Gasteiger partial charge < -0.3 is 5.32 Å². The van der Waals surface area contributed by atoms with E-state index < -0.39 is 0 Å². The second kappa shape index (κ2) is 6.44. The molecule has 4 heterocycles. The van der Waals surface area contributed by atoms with E-state index in [1.54, 1.807) is 18.6 Å².